The molecule has 1 unspecified atom stereocenters. The Kier molecular flexibility index (Phi) is 3.46. The summed E-state index contributed by atoms with van der Waals surface area (Å²) in [5.74, 6) is 5.66. The van der Waals surface area contributed by atoms with E-state index in [4.69, 9.17) is 5.84 Å². The van der Waals surface area contributed by atoms with E-state index in [-0.39, 0.29) is 6.04 Å². The SMILES string of the molecule is Cc1ccncc1C(NN)c1ncccc1C. The van der Waals surface area contributed by atoms with Crippen LogP contribution in [0.1, 0.15) is 28.4 Å². The van der Waals surface area contributed by atoms with Gasteiger partial charge in [0.25, 0.3) is 0 Å². The van der Waals surface area contributed by atoms with Crippen LogP contribution in [0.25, 0.3) is 0 Å². The highest BCUT2D eigenvalue weighted by Crippen LogP contribution is 2.23. The van der Waals surface area contributed by atoms with E-state index in [0.717, 1.165) is 22.4 Å². The molecule has 0 saturated heterocycles. The van der Waals surface area contributed by atoms with Gasteiger partial charge in [-0.05, 0) is 42.7 Å². The molecule has 0 aliphatic heterocycles. The minimum absolute atomic E-state index is 0.120. The average molecular weight is 228 g/mol. The Balaban J connectivity index is 2.48. The van der Waals surface area contributed by atoms with E-state index in [1.54, 1.807) is 12.4 Å². The number of hydrazine groups is 1. The monoisotopic (exact) mass is 228 g/mol. The summed E-state index contributed by atoms with van der Waals surface area (Å²) in [6, 6.07) is 5.80. The van der Waals surface area contributed by atoms with Crippen LogP contribution in [-0.4, -0.2) is 9.97 Å². The number of aromatic nitrogens is 2. The summed E-state index contributed by atoms with van der Waals surface area (Å²) in [5, 5.41) is 0. The lowest BCUT2D eigenvalue weighted by atomic mass is 9.98. The van der Waals surface area contributed by atoms with Gasteiger partial charge >= 0.3 is 0 Å². The predicted molar refractivity (Wildman–Crippen MR) is 67.1 cm³/mol. The van der Waals surface area contributed by atoms with Gasteiger partial charge in [-0.15, -0.1) is 0 Å². The summed E-state index contributed by atoms with van der Waals surface area (Å²) in [6.07, 6.45) is 5.38. The second kappa shape index (κ2) is 5.03. The Labute approximate surface area is 101 Å². The van der Waals surface area contributed by atoms with E-state index in [0.29, 0.717) is 0 Å². The summed E-state index contributed by atoms with van der Waals surface area (Å²) >= 11 is 0. The van der Waals surface area contributed by atoms with Crippen molar-refractivity contribution >= 4 is 0 Å². The van der Waals surface area contributed by atoms with E-state index in [9.17, 15) is 0 Å². The zero-order chi connectivity index (χ0) is 12.3. The van der Waals surface area contributed by atoms with Crippen molar-refractivity contribution in [3.63, 3.8) is 0 Å². The molecule has 0 aromatic carbocycles. The highest BCUT2D eigenvalue weighted by atomic mass is 15.2. The van der Waals surface area contributed by atoms with Crippen molar-refractivity contribution in [3.05, 3.63) is 59.2 Å². The molecule has 0 bridgehead atoms. The first kappa shape index (κ1) is 11.7. The second-order valence-corrected chi connectivity index (χ2v) is 4.04. The number of hydrogen-bond donors (Lipinski definition) is 2. The Bertz CT molecular complexity index is 465. The minimum Gasteiger partial charge on any atom is -0.271 e. The topological polar surface area (TPSA) is 63.8 Å². The van der Waals surface area contributed by atoms with Crippen molar-refractivity contribution in [1.29, 1.82) is 0 Å². The highest BCUT2D eigenvalue weighted by molar-refractivity contribution is 5.34. The Morgan fingerprint density at radius 3 is 2.65 bits per heavy atom. The van der Waals surface area contributed by atoms with Gasteiger partial charge in [0, 0.05) is 18.6 Å². The van der Waals surface area contributed by atoms with Crippen molar-refractivity contribution in [2.75, 3.05) is 0 Å². The third-order valence-electron chi connectivity index (χ3n) is 2.88. The molecule has 2 aromatic rings. The largest absolute Gasteiger partial charge is 0.271 e. The Morgan fingerprint density at radius 1 is 1.18 bits per heavy atom. The molecule has 2 aromatic heterocycles. The molecular weight excluding hydrogens is 212 g/mol. The lowest BCUT2D eigenvalue weighted by Gasteiger charge is -2.19. The quantitative estimate of drug-likeness (QED) is 0.619. The molecule has 2 rings (SSSR count). The van der Waals surface area contributed by atoms with Crippen LogP contribution in [0.3, 0.4) is 0 Å². The molecule has 88 valence electrons. The van der Waals surface area contributed by atoms with Gasteiger partial charge in [0.05, 0.1) is 11.7 Å². The smallest absolute Gasteiger partial charge is 0.0901 e. The first-order valence-electron chi connectivity index (χ1n) is 5.52. The number of aryl methyl sites for hydroxylation is 2. The zero-order valence-electron chi connectivity index (χ0n) is 10.0. The van der Waals surface area contributed by atoms with Gasteiger partial charge in [0.2, 0.25) is 0 Å². The van der Waals surface area contributed by atoms with Crippen molar-refractivity contribution in [1.82, 2.24) is 15.4 Å². The van der Waals surface area contributed by atoms with Crippen LogP contribution < -0.4 is 11.3 Å². The standard InChI is InChI=1S/C13H16N4/c1-9-5-7-15-8-11(9)13(17-14)12-10(2)4-3-6-16-12/h3-8,13,17H,14H2,1-2H3. The summed E-state index contributed by atoms with van der Waals surface area (Å²) in [7, 11) is 0. The molecule has 17 heavy (non-hydrogen) atoms. The molecule has 2 heterocycles. The molecule has 0 fully saturated rings. The highest BCUT2D eigenvalue weighted by Gasteiger charge is 2.17. The third-order valence-corrected chi connectivity index (χ3v) is 2.88. The molecule has 0 radical (unpaired) electrons. The maximum atomic E-state index is 5.66. The Morgan fingerprint density at radius 2 is 2.00 bits per heavy atom. The van der Waals surface area contributed by atoms with Crippen LogP contribution in [0.2, 0.25) is 0 Å². The van der Waals surface area contributed by atoms with Crippen molar-refractivity contribution in [3.8, 4) is 0 Å². The summed E-state index contributed by atoms with van der Waals surface area (Å²) in [4.78, 5) is 8.54. The van der Waals surface area contributed by atoms with Crippen LogP contribution in [0, 0.1) is 13.8 Å². The molecular formula is C13H16N4. The molecule has 0 spiro atoms. The predicted octanol–water partition coefficient (Wildman–Crippen LogP) is 1.65. The lowest BCUT2D eigenvalue weighted by molar-refractivity contribution is 0.612. The number of hydrogen-bond acceptors (Lipinski definition) is 4. The van der Waals surface area contributed by atoms with E-state index in [1.807, 2.05) is 38.2 Å². The number of nitrogens with two attached hydrogens (primary N) is 1. The fourth-order valence-corrected chi connectivity index (χ4v) is 1.89. The fraction of sp³-hybridized carbons (Fsp3) is 0.231. The average Bonchev–Trinajstić information content (AvgIpc) is 2.34. The van der Waals surface area contributed by atoms with Gasteiger partial charge in [0.1, 0.15) is 0 Å². The third kappa shape index (κ3) is 2.33. The first-order valence-corrected chi connectivity index (χ1v) is 5.52. The van der Waals surface area contributed by atoms with E-state index >= 15 is 0 Å². The molecule has 0 amide bonds. The van der Waals surface area contributed by atoms with Crippen LogP contribution in [-0.2, 0) is 0 Å². The minimum atomic E-state index is -0.120. The summed E-state index contributed by atoms with van der Waals surface area (Å²) in [6.45, 7) is 4.07. The lowest BCUT2D eigenvalue weighted by Crippen LogP contribution is -2.30. The summed E-state index contributed by atoms with van der Waals surface area (Å²) < 4.78 is 0. The van der Waals surface area contributed by atoms with Gasteiger partial charge in [0.15, 0.2) is 0 Å². The molecule has 0 aliphatic rings. The van der Waals surface area contributed by atoms with E-state index in [1.165, 1.54) is 0 Å². The second-order valence-electron chi connectivity index (χ2n) is 4.04. The maximum absolute atomic E-state index is 5.66. The number of nitrogens with zero attached hydrogens (tertiary/aromatic N) is 2. The Hall–Kier alpha value is -1.78. The van der Waals surface area contributed by atoms with Crippen molar-refractivity contribution in [2.45, 2.75) is 19.9 Å². The van der Waals surface area contributed by atoms with Gasteiger partial charge < -0.3 is 0 Å². The van der Waals surface area contributed by atoms with Crippen LogP contribution in [0.15, 0.2) is 36.8 Å². The number of nitrogens with one attached hydrogen (secondary N) is 1. The molecule has 0 saturated carbocycles. The zero-order valence-corrected chi connectivity index (χ0v) is 10.0. The van der Waals surface area contributed by atoms with Gasteiger partial charge in [-0.25, -0.2) is 5.43 Å². The van der Waals surface area contributed by atoms with E-state index in [2.05, 4.69) is 15.4 Å². The van der Waals surface area contributed by atoms with Crippen molar-refractivity contribution in [2.24, 2.45) is 5.84 Å². The fourth-order valence-electron chi connectivity index (χ4n) is 1.89. The van der Waals surface area contributed by atoms with Crippen molar-refractivity contribution < 1.29 is 0 Å². The summed E-state index contributed by atoms with van der Waals surface area (Å²) in [5.41, 5.74) is 7.06. The molecule has 0 aliphatic carbocycles. The van der Waals surface area contributed by atoms with Gasteiger partial charge in [-0.1, -0.05) is 6.07 Å². The molecule has 4 nitrogen and oxygen atoms in total. The van der Waals surface area contributed by atoms with Crippen LogP contribution in [0.4, 0.5) is 0 Å². The maximum Gasteiger partial charge on any atom is 0.0901 e. The van der Waals surface area contributed by atoms with Crippen LogP contribution >= 0.6 is 0 Å². The van der Waals surface area contributed by atoms with E-state index < -0.39 is 0 Å². The molecule has 1 atom stereocenters. The number of rotatable bonds is 3. The number of pyridine rings is 2. The van der Waals surface area contributed by atoms with Gasteiger partial charge in [-0.3, -0.25) is 15.8 Å². The van der Waals surface area contributed by atoms with Crippen LogP contribution in [0.5, 0.6) is 0 Å². The van der Waals surface area contributed by atoms with Gasteiger partial charge in [-0.2, -0.15) is 0 Å². The molecule has 4 heteroatoms. The molecule has 3 N–H and O–H groups in total. The normalized spacial score (nSPS) is 12.4. The first-order chi connectivity index (χ1) is 8.24.